The summed E-state index contributed by atoms with van der Waals surface area (Å²) in [7, 11) is -4.96. The van der Waals surface area contributed by atoms with Crippen LogP contribution in [0.25, 0.3) is 0 Å². The van der Waals surface area contributed by atoms with Crippen LogP contribution in [0.15, 0.2) is 33.2 Å². The molecule has 42 heavy (non-hydrogen) atoms. The van der Waals surface area contributed by atoms with Crippen LogP contribution >= 0.6 is 7.60 Å². The fraction of sp³-hybridized carbons (Fsp3) is 0.800. The minimum atomic E-state index is -4.96. The largest absolute Gasteiger partial charge is 0.385 e. The van der Waals surface area contributed by atoms with Crippen molar-refractivity contribution in [3.63, 3.8) is 0 Å². The van der Waals surface area contributed by atoms with Crippen LogP contribution in [0.4, 0.5) is 0 Å². The maximum atomic E-state index is 12.4. The molecule has 2 aliphatic rings. The van der Waals surface area contributed by atoms with Crippen LogP contribution in [0, 0.1) is 5.41 Å². The Hall–Kier alpha value is -1.59. The summed E-state index contributed by atoms with van der Waals surface area (Å²) < 4.78 is 19.0. The molecule has 12 heteroatoms. The van der Waals surface area contributed by atoms with E-state index in [9.17, 15) is 39.3 Å². The predicted octanol–water partition coefficient (Wildman–Crippen LogP) is 4.23. The molecule has 1 saturated heterocycles. The molecule has 1 unspecified atom stereocenters. The van der Waals surface area contributed by atoms with Gasteiger partial charge in [-0.1, -0.05) is 110 Å². The highest BCUT2D eigenvalue weighted by Gasteiger charge is 2.93. The van der Waals surface area contributed by atoms with E-state index >= 15 is 0 Å². The lowest BCUT2D eigenvalue weighted by molar-refractivity contribution is -0.140. The van der Waals surface area contributed by atoms with Crippen molar-refractivity contribution in [3.8, 4) is 0 Å². The van der Waals surface area contributed by atoms with Gasteiger partial charge in [-0.2, -0.15) is 0 Å². The van der Waals surface area contributed by atoms with Gasteiger partial charge in [0.15, 0.2) is 6.23 Å². The third-order valence-corrected chi connectivity index (χ3v) is 10.5. The number of nitrogens with one attached hydrogen (secondary N) is 1. The molecule has 5 atom stereocenters. The second-order valence-corrected chi connectivity index (χ2v) is 14.2. The van der Waals surface area contributed by atoms with Crippen LogP contribution in [-0.4, -0.2) is 58.1 Å². The van der Waals surface area contributed by atoms with E-state index < -0.39 is 59.2 Å². The lowest BCUT2D eigenvalue weighted by atomic mass is 9.97. The van der Waals surface area contributed by atoms with Crippen LogP contribution in [0.5, 0.6) is 0 Å². The van der Waals surface area contributed by atoms with Crippen LogP contribution in [0.1, 0.15) is 123 Å². The number of ether oxygens (including phenoxy) is 1. The van der Waals surface area contributed by atoms with Gasteiger partial charge in [-0.15, -0.1) is 0 Å². The summed E-state index contributed by atoms with van der Waals surface area (Å²) in [5, 5.41) is 33.5. The van der Waals surface area contributed by atoms with E-state index in [0.717, 1.165) is 36.1 Å². The van der Waals surface area contributed by atoms with E-state index in [1.165, 1.54) is 84.1 Å². The van der Waals surface area contributed by atoms with Crippen LogP contribution in [0.3, 0.4) is 0 Å². The van der Waals surface area contributed by atoms with Crippen molar-refractivity contribution >= 4 is 7.60 Å². The number of fused-ring (bicyclic) bond motifs is 1. The van der Waals surface area contributed by atoms with Crippen molar-refractivity contribution in [3.05, 3.63) is 44.5 Å². The number of unbranched alkanes of at least 4 members (excludes halogenated alkanes) is 14. The first kappa shape index (κ1) is 34.9. The highest BCUT2D eigenvalue weighted by molar-refractivity contribution is 7.56. The zero-order chi connectivity index (χ0) is 31.2. The maximum absolute atomic E-state index is 12.4. The topological polar surface area (TPSA) is 182 Å². The van der Waals surface area contributed by atoms with E-state index in [4.69, 9.17) is 4.74 Å². The van der Waals surface area contributed by atoms with Crippen molar-refractivity contribution in [2.75, 3.05) is 0 Å². The third-order valence-electron chi connectivity index (χ3n) is 9.41. The van der Waals surface area contributed by atoms with Gasteiger partial charge in [0.05, 0.1) is 5.31 Å². The van der Waals surface area contributed by atoms with Gasteiger partial charge < -0.3 is 29.8 Å². The van der Waals surface area contributed by atoms with Gasteiger partial charge in [0.1, 0.15) is 23.4 Å². The number of H-pyrrole nitrogens is 1. The smallest absolute Gasteiger partial charge is 0.354 e. The molecule has 1 aliphatic heterocycles. The third kappa shape index (κ3) is 7.04. The Morgan fingerprint density at radius 2 is 1.45 bits per heavy atom. The molecule has 2 heterocycles. The molecular weight excluding hydrogens is 563 g/mol. The van der Waals surface area contributed by atoms with Gasteiger partial charge in [-0.25, -0.2) is 4.79 Å². The van der Waals surface area contributed by atoms with Gasteiger partial charge in [-0.3, -0.25) is 18.9 Å². The van der Waals surface area contributed by atoms with Crippen LogP contribution < -0.4 is 11.2 Å². The number of rotatable bonds is 19. The first-order chi connectivity index (χ1) is 19.7. The van der Waals surface area contributed by atoms with Gasteiger partial charge in [0.2, 0.25) is 0 Å². The summed E-state index contributed by atoms with van der Waals surface area (Å²) in [5.41, 5.74) is -7.06. The van der Waals surface area contributed by atoms with Crippen molar-refractivity contribution in [1.29, 1.82) is 0 Å². The van der Waals surface area contributed by atoms with Gasteiger partial charge in [0, 0.05) is 17.7 Å². The molecule has 0 radical (unpaired) electrons. The van der Waals surface area contributed by atoms with E-state index in [0.29, 0.717) is 12.8 Å². The lowest BCUT2D eigenvalue weighted by Gasteiger charge is -2.31. The summed E-state index contributed by atoms with van der Waals surface area (Å²) in [6.07, 6.45) is 14.2. The Morgan fingerprint density at radius 1 is 0.952 bits per heavy atom. The molecule has 3 rings (SSSR count). The fourth-order valence-electron chi connectivity index (χ4n) is 6.64. The minimum absolute atomic E-state index is 0.317. The quantitative estimate of drug-likeness (QED) is 0.0981. The fourth-order valence-corrected chi connectivity index (χ4v) is 7.49. The molecule has 6 N–H and O–H groups in total. The van der Waals surface area contributed by atoms with Crippen molar-refractivity contribution in [2.24, 2.45) is 5.41 Å². The van der Waals surface area contributed by atoms with Crippen molar-refractivity contribution in [1.82, 2.24) is 9.55 Å². The normalized spacial score (nSPS) is 27.7. The van der Waals surface area contributed by atoms with Gasteiger partial charge in [0.25, 0.3) is 5.56 Å². The average Bonchev–Trinajstić information content (AvgIpc) is 3.11. The van der Waals surface area contributed by atoms with E-state index in [-0.39, 0.29) is 0 Å². The van der Waals surface area contributed by atoms with Crippen molar-refractivity contribution < 1.29 is 34.4 Å². The van der Waals surface area contributed by atoms with E-state index in [1.807, 2.05) is 0 Å². The zero-order valence-corrected chi connectivity index (χ0v) is 26.2. The first-order valence-corrected chi connectivity index (χ1v) is 17.2. The zero-order valence-electron chi connectivity index (χ0n) is 25.3. The summed E-state index contributed by atoms with van der Waals surface area (Å²) in [6, 6.07) is 1.05. The maximum Gasteiger partial charge on any atom is 0.354 e. The number of hydrogen-bond acceptors (Lipinski definition) is 7. The molecule has 1 saturated carbocycles. The van der Waals surface area contributed by atoms with Crippen molar-refractivity contribution in [2.45, 2.75) is 147 Å². The Balaban J connectivity index is 1.52. The molecule has 240 valence electrons. The molecule has 0 bridgehead atoms. The summed E-state index contributed by atoms with van der Waals surface area (Å²) in [6.45, 7) is 5.25. The number of aromatic nitrogens is 2. The second-order valence-electron chi connectivity index (χ2n) is 12.6. The monoisotopic (exact) mass is 614 g/mol. The molecule has 11 nitrogen and oxygen atoms in total. The molecule has 1 aromatic heterocycles. The Morgan fingerprint density at radius 3 is 1.93 bits per heavy atom. The summed E-state index contributed by atoms with van der Waals surface area (Å²) >= 11 is 0. The first-order valence-electron chi connectivity index (χ1n) is 15.6. The lowest BCUT2D eigenvalue weighted by Crippen LogP contribution is -2.44. The van der Waals surface area contributed by atoms with Crippen LogP contribution in [0.2, 0.25) is 0 Å². The minimum Gasteiger partial charge on any atom is -0.385 e. The Kier molecular flexibility index (Phi) is 12.0. The molecule has 0 aromatic carbocycles. The standard InChI is InChI=1S/C30H51N2O9P/c1-4-5-6-7-8-9-10-11-12-13-14-15-16-17-18-19-22(42(38,39)40)24(34)25-29(36)28(2,3)30(29,37)26(41-25)32-21-20-23(33)31-27(32)35/h19-21,24-26,34,36-37H,4-18H2,1-3H3,(H,31,33,35)(H2,38,39,40)/b22-19-/t24?,25-,26-,29-,30+/m1/s1. The second kappa shape index (κ2) is 14.5. The average molecular weight is 615 g/mol. The highest BCUT2D eigenvalue weighted by atomic mass is 31.2. The summed E-state index contributed by atoms with van der Waals surface area (Å²) in [5.74, 6) is 0. The predicted molar refractivity (Wildman–Crippen MR) is 160 cm³/mol. The number of aliphatic hydroxyl groups excluding tert-OH is 1. The molecule has 1 aromatic rings. The molecule has 0 spiro atoms. The van der Waals surface area contributed by atoms with Gasteiger partial charge >= 0.3 is 13.3 Å². The molecule has 2 fully saturated rings. The SMILES string of the molecule is CCCCCCCCCCCCCCCC/C=C(/C(O)[C@H]1O[C@@H](n2ccc(=O)[nH]c2=O)[C@]2(O)C(C)(C)[C@]12O)P(=O)(O)O. The van der Waals surface area contributed by atoms with Crippen LogP contribution in [-0.2, 0) is 9.30 Å². The Bertz CT molecular complexity index is 1220. The number of aromatic amines is 1. The van der Waals surface area contributed by atoms with Gasteiger partial charge in [-0.05, 0) is 12.8 Å². The Labute approximate surface area is 248 Å². The van der Waals surface area contributed by atoms with E-state index in [2.05, 4.69) is 11.9 Å². The van der Waals surface area contributed by atoms with E-state index in [1.54, 1.807) is 0 Å². The summed E-state index contributed by atoms with van der Waals surface area (Å²) in [4.78, 5) is 46.1. The number of nitrogens with zero attached hydrogens (tertiary/aromatic N) is 1. The number of allylic oxidation sites excluding steroid dienone is 1. The highest BCUT2D eigenvalue weighted by Crippen LogP contribution is 2.76. The molecular formula is C30H51N2O9P. The number of aliphatic hydroxyl groups is 3. The number of hydrogen-bond donors (Lipinski definition) is 6. The molecule has 1 aliphatic carbocycles. The molecule has 0 amide bonds.